The largest absolute Gasteiger partial charge is 0.508 e. The Bertz CT molecular complexity index is 616. The average molecular weight is 364 g/mol. The molecule has 0 radical (unpaired) electrons. The number of phenols is 1. The number of carbonyl (C=O) groups is 3. The minimum atomic E-state index is -0.866. The predicted molar refractivity (Wildman–Crippen MR) is 98.2 cm³/mol. The van der Waals surface area contributed by atoms with Crippen LogP contribution in [0, 0.1) is 5.92 Å². The van der Waals surface area contributed by atoms with Crippen molar-refractivity contribution in [2.24, 2.45) is 11.7 Å². The second-order valence-corrected chi connectivity index (χ2v) is 6.59. The smallest absolute Gasteiger partial charge is 0.243 e. The third kappa shape index (κ3) is 7.52. The number of nitrogens with one attached hydrogen (secondary N) is 3. The van der Waals surface area contributed by atoms with Crippen LogP contribution < -0.4 is 21.7 Å². The zero-order chi connectivity index (χ0) is 19.7. The van der Waals surface area contributed by atoms with E-state index >= 15 is 0 Å². The molecule has 0 bridgehead atoms. The third-order valence-corrected chi connectivity index (χ3v) is 3.82. The first-order chi connectivity index (χ1) is 12.2. The highest BCUT2D eigenvalue weighted by atomic mass is 16.3. The number of amides is 3. The second kappa shape index (κ2) is 10.4. The topological polar surface area (TPSA) is 134 Å². The van der Waals surface area contributed by atoms with Crippen molar-refractivity contribution in [3.05, 3.63) is 29.8 Å². The van der Waals surface area contributed by atoms with Crippen LogP contribution in [0.5, 0.6) is 5.75 Å². The molecule has 0 spiro atoms. The van der Waals surface area contributed by atoms with Crippen LogP contribution in [0.25, 0.3) is 0 Å². The summed E-state index contributed by atoms with van der Waals surface area (Å²) in [5.74, 6) is -1.04. The summed E-state index contributed by atoms with van der Waals surface area (Å²) in [6, 6.07) is 5.05. The summed E-state index contributed by atoms with van der Waals surface area (Å²) in [6.45, 7) is 3.71. The summed E-state index contributed by atoms with van der Waals surface area (Å²) < 4.78 is 0. The highest BCUT2D eigenvalue weighted by Gasteiger charge is 2.25. The minimum absolute atomic E-state index is 0.111. The molecule has 0 saturated carbocycles. The first-order valence-corrected chi connectivity index (χ1v) is 8.54. The van der Waals surface area contributed by atoms with E-state index in [0.29, 0.717) is 12.3 Å². The Morgan fingerprint density at radius 3 is 2.19 bits per heavy atom. The van der Waals surface area contributed by atoms with Crippen LogP contribution in [0.15, 0.2) is 24.3 Å². The van der Waals surface area contributed by atoms with Gasteiger partial charge >= 0.3 is 0 Å². The third-order valence-electron chi connectivity index (χ3n) is 3.82. The Labute approximate surface area is 153 Å². The van der Waals surface area contributed by atoms with Crippen molar-refractivity contribution in [3.63, 3.8) is 0 Å². The molecule has 0 aliphatic heterocycles. The molecule has 1 aromatic carbocycles. The zero-order valence-corrected chi connectivity index (χ0v) is 15.4. The molecule has 8 nitrogen and oxygen atoms in total. The van der Waals surface area contributed by atoms with E-state index < -0.39 is 23.9 Å². The number of hydrogen-bond donors (Lipinski definition) is 5. The van der Waals surface area contributed by atoms with E-state index in [-0.39, 0.29) is 24.6 Å². The van der Waals surface area contributed by atoms with Crippen LogP contribution in [0.3, 0.4) is 0 Å². The fourth-order valence-electron chi connectivity index (χ4n) is 2.47. The normalized spacial score (nSPS) is 13.1. The van der Waals surface area contributed by atoms with Gasteiger partial charge in [-0.3, -0.25) is 14.4 Å². The maximum atomic E-state index is 12.5. The van der Waals surface area contributed by atoms with E-state index in [1.807, 2.05) is 13.8 Å². The fourth-order valence-corrected chi connectivity index (χ4v) is 2.47. The molecule has 2 atom stereocenters. The maximum absolute atomic E-state index is 12.5. The van der Waals surface area contributed by atoms with Crippen molar-refractivity contribution in [3.8, 4) is 5.75 Å². The number of phenolic OH excluding ortho intramolecular Hbond substituents is 1. The fraction of sp³-hybridized carbons (Fsp3) is 0.500. The predicted octanol–water partition coefficient (Wildman–Crippen LogP) is -0.345. The van der Waals surface area contributed by atoms with E-state index in [0.717, 1.165) is 5.56 Å². The second-order valence-electron chi connectivity index (χ2n) is 6.59. The SMILES string of the molecule is CN[C@@H](CC(C)C)C(=O)N[C@@H](Cc1ccc(O)cc1)C(=O)NCC(N)=O. The highest BCUT2D eigenvalue weighted by molar-refractivity contribution is 5.91. The molecule has 0 aromatic heterocycles. The molecule has 0 heterocycles. The van der Waals surface area contributed by atoms with E-state index in [9.17, 15) is 19.5 Å². The Balaban J connectivity index is 2.87. The van der Waals surface area contributed by atoms with Crippen LogP contribution in [0.2, 0.25) is 0 Å². The van der Waals surface area contributed by atoms with Crippen molar-refractivity contribution in [1.82, 2.24) is 16.0 Å². The molecule has 144 valence electrons. The average Bonchev–Trinajstić information content (AvgIpc) is 2.58. The van der Waals surface area contributed by atoms with Gasteiger partial charge in [-0.1, -0.05) is 26.0 Å². The van der Waals surface area contributed by atoms with Gasteiger partial charge in [-0.15, -0.1) is 0 Å². The molecule has 26 heavy (non-hydrogen) atoms. The van der Waals surface area contributed by atoms with Crippen LogP contribution in [-0.4, -0.2) is 48.5 Å². The highest BCUT2D eigenvalue weighted by Crippen LogP contribution is 2.12. The molecular formula is C18H28N4O4. The molecule has 0 saturated heterocycles. The standard InChI is InChI=1S/C18H28N4O4/c1-11(2)8-14(20-3)18(26)22-15(17(25)21-10-16(19)24)9-12-4-6-13(23)7-5-12/h4-7,11,14-15,20,23H,8-10H2,1-3H3,(H2,19,24)(H,21,25)(H,22,26)/t14-,15-/m0/s1. The molecule has 3 amide bonds. The molecule has 0 aliphatic rings. The van der Waals surface area contributed by atoms with Gasteiger partial charge in [0.25, 0.3) is 0 Å². The van der Waals surface area contributed by atoms with Gasteiger partial charge in [0.1, 0.15) is 11.8 Å². The Morgan fingerprint density at radius 1 is 1.08 bits per heavy atom. The van der Waals surface area contributed by atoms with Crippen LogP contribution >= 0.6 is 0 Å². The van der Waals surface area contributed by atoms with E-state index in [2.05, 4.69) is 16.0 Å². The van der Waals surface area contributed by atoms with Crippen molar-refractivity contribution in [2.45, 2.75) is 38.8 Å². The maximum Gasteiger partial charge on any atom is 0.243 e. The summed E-state index contributed by atoms with van der Waals surface area (Å²) in [4.78, 5) is 35.8. The number of rotatable bonds is 10. The first-order valence-electron chi connectivity index (χ1n) is 8.54. The number of aromatic hydroxyl groups is 1. The van der Waals surface area contributed by atoms with Gasteiger partial charge in [0, 0.05) is 6.42 Å². The molecule has 8 heteroatoms. The first kappa shape index (κ1) is 21.4. The molecule has 0 unspecified atom stereocenters. The Hall–Kier alpha value is -2.61. The number of likely N-dealkylation sites (N-methyl/N-ethyl adjacent to an activating group) is 1. The van der Waals surface area contributed by atoms with Crippen molar-refractivity contribution in [2.75, 3.05) is 13.6 Å². The molecule has 6 N–H and O–H groups in total. The van der Waals surface area contributed by atoms with Crippen molar-refractivity contribution < 1.29 is 19.5 Å². The number of benzene rings is 1. The number of primary amides is 1. The zero-order valence-electron chi connectivity index (χ0n) is 15.4. The molecule has 1 aromatic rings. The van der Waals surface area contributed by atoms with Crippen molar-refractivity contribution in [1.29, 1.82) is 0 Å². The lowest BCUT2D eigenvalue weighted by Crippen LogP contribution is -2.54. The summed E-state index contributed by atoms with van der Waals surface area (Å²) in [6.07, 6.45) is 0.839. The molecule has 0 fully saturated rings. The monoisotopic (exact) mass is 364 g/mol. The Morgan fingerprint density at radius 2 is 1.69 bits per heavy atom. The lowest BCUT2D eigenvalue weighted by Gasteiger charge is -2.23. The van der Waals surface area contributed by atoms with Gasteiger partial charge in [0.2, 0.25) is 17.7 Å². The number of nitrogens with two attached hydrogens (primary N) is 1. The Kier molecular flexibility index (Phi) is 8.57. The van der Waals surface area contributed by atoms with Gasteiger partial charge < -0.3 is 26.8 Å². The molecule has 0 aliphatic carbocycles. The lowest BCUT2D eigenvalue weighted by molar-refractivity contribution is -0.130. The summed E-state index contributed by atoms with van der Waals surface area (Å²) in [5.41, 5.74) is 5.81. The van der Waals surface area contributed by atoms with Gasteiger partial charge in [-0.05, 0) is 37.1 Å². The number of hydrogen-bond acceptors (Lipinski definition) is 5. The lowest BCUT2D eigenvalue weighted by atomic mass is 10.0. The van der Waals surface area contributed by atoms with Gasteiger partial charge in [0.05, 0.1) is 12.6 Å². The summed E-state index contributed by atoms with van der Waals surface area (Å²) in [7, 11) is 1.69. The van der Waals surface area contributed by atoms with Gasteiger partial charge in [-0.25, -0.2) is 0 Å². The van der Waals surface area contributed by atoms with E-state index in [4.69, 9.17) is 5.73 Å². The van der Waals surface area contributed by atoms with E-state index in [1.165, 1.54) is 12.1 Å². The number of carbonyl (C=O) groups excluding carboxylic acids is 3. The minimum Gasteiger partial charge on any atom is -0.508 e. The van der Waals surface area contributed by atoms with Crippen LogP contribution in [0.4, 0.5) is 0 Å². The van der Waals surface area contributed by atoms with Crippen molar-refractivity contribution >= 4 is 17.7 Å². The summed E-state index contributed by atoms with van der Waals surface area (Å²) >= 11 is 0. The van der Waals surface area contributed by atoms with E-state index in [1.54, 1.807) is 19.2 Å². The summed E-state index contributed by atoms with van der Waals surface area (Å²) in [5, 5.41) is 17.5. The molecule has 1 rings (SSSR count). The quantitative estimate of drug-likeness (QED) is 0.387. The van der Waals surface area contributed by atoms with Crippen LogP contribution in [0.1, 0.15) is 25.8 Å². The molecular weight excluding hydrogens is 336 g/mol. The van der Waals surface area contributed by atoms with Crippen LogP contribution in [-0.2, 0) is 20.8 Å². The van der Waals surface area contributed by atoms with Gasteiger partial charge in [0.15, 0.2) is 0 Å². The van der Waals surface area contributed by atoms with Gasteiger partial charge in [-0.2, -0.15) is 0 Å².